The molecule has 2 aromatic carbocycles. The first kappa shape index (κ1) is 17.8. The van der Waals surface area contributed by atoms with Crippen molar-refractivity contribution in [3.05, 3.63) is 65.5 Å². The molecule has 0 bridgehead atoms. The number of hydrogen-bond acceptors (Lipinski definition) is 4. The fraction of sp³-hybridized carbons (Fsp3) is 0.286. The van der Waals surface area contributed by atoms with Crippen LogP contribution in [0.15, 0.2) is 53.7 Å². The summed E-state index contributed by atoms with van der Waals surface area (Å²) in [5.74, 6) is 1.29. The van der Waals surface area contributed by atoms with E-state index in [9.17, 15) is 4.79 Å². The van der Waals surface area contributed by atoms with Gasteiger partial charge in [-0.1, -0.05) is 55.1 Å². The highest BCUT2D eigenvalue weighted by molar-refractivity contribution is 7.99. The van der Waals surface area contributed by atoms with Gasteiger partial charge in [0, 0.05) is 12.2 Å². The number of nitrogens with zero attached hydrogens (tertiary/aromatic N) is 4. The topological polar surface area (TPSA) is 51.0 Å². The lowest BCUT2D eigenvalue weighted by Crippen LogP contribution is -2.30. The Kier molecular flexibility index (Phi) is 4.99. The van der Waals surface area contributed by atoms with Crippen molar-refractivity contribution in [3.63, 3.8) is 0 Å². The van der Waals surface area contributed by atoms with Crippen LogP contribution in [0.5, 0.6) is 0 Å². The van der Waals surface area contributed by atoms with Crippen LogP contribution in [0.4, 0.5) is 5.69 Å². The van der Waals surface area contributed by atoms with Gasteiger partial charge in [-0.05, 0) is 43.0 Å². The molecule has 5 nitrogen and oxygen atoms in total. The maximum Gasteiger partial charge on any atom is 0.237 e. The fourth-order valence-corrected chi connectivity index (χ4v) is 4.41. The lowest BCUT2D eigenvalue weighted by Gasteiger charge is -2.17. The van der Waals surface area contributed by atoms with E-state index in [-0.39, 0.29) is 5.91 Å². The number of aromatic nitrogens is 3. The molecular weight excluding hydrogens is 356 g/mol. The molecule has 1 aliphatic heterocycles. The molecule has 0 atom stereocenters. The summed E-state index contributed by atoms with van der Waals surface area (Å²) in [4.78, 5) is 14.7. The van der Waals surface area contributed by atoms with Gasteiger partial charge in [-0.3, -0.25) is 9.36 Å². The quantitative estimate of drug-likeness (QED) is 0.634. The van der Waals surface area contributed by atoms with E-state index in [0.29, 0.717) is 5.75 Å². The molecule has 0 spiro atoms. The molecule has 2 heterocycles. The minimum Gasteiger partial charge on any atom is -0.311 e. The molecule has 0 N–H and O–H groups in total. The first-order chi connectivity index (χ1) is 13.2. The van der Waals surface area contributed by atoms with Gasteiger partial charge in [0.15, 0.2) is 5.16 Å². The van der Waals surface area contributed by atoms with Crippen LogP contribution in [0.3, 0.4) is 0 Å². The number of rotatable bonds is 5. The minimum absolute atomic E-state index is 0.112. The van der Waals surface area contributed by atoms with Crippen molar-refractivity contribution in [2.75, 3.05) is 17.2 Å². The van der Waals surface area contributed by atoms with E-state index in [4.69, 9.17) is 0 Å². The van der Waals surface area contributed by atoms with Gasteiger partial charge in [0.2, 0.25) is 5.91 Å². The molecule has 0 aliphatic carbocycles. The van der Waals surface area contributed by atoms with Gasteiger partial charge in [-0.25, -0.2) is 0 Å². The third-order valence-electron chi connectivity index (χ3n) is 4.92. The van der Waals surface area contributed by atoms with Gasteiger partial charge in [0.1, 0.15) is 5.82 Å². The Labute approximate surface area is 163 Å². The Bertz CT molecular complexity index is 982. The van der Waals surface area contributed by atoms with Crippen LogP contribution in [0.1, 0.15) is 23.9 Å². The summed E-state index contributed by atoms with van der Waals surface area (Å²) in [7, 11) is 0. The second kappa shape index (κ2) is 7.56. The van der Waals surface area contributed by atoms with E-state index in [1.807, 2.05) is 42.2 Å². The third kappa shape index (κ3) is 3.37. The van der Waals surface area contributed by atoms with E-state index in [2.05, 4.69) is 39.9 Å². The molecule has 1 aliphatic rings. The monoisotopic (exact) mass is 378 g/mol. The number of anilines is 1. The number of aryl methyl sites for hydroxylation is 2. The Morgan fingerprint density at radius 3 is 2.63 bits per heavy atom. The summed E-state index contributed by atoms with van der Waals surface area (Å²) in [5, 5.41) is 9.32. The number of thioether (sulfide) groups is 1. The summed E-state index contributed by atoms with van der Waals surface area (Å²) in [6, 6.07) is 16.4. The van der Waals surface area contributed by atoms with E-state index < -0.39 is 0 Å². The van der Waals surface area contributed by atoms with Crippen molar-refractivity contribution in [1.29, 1.82) is 0 Å². The maximum absolute atomic E-state index is 12.8. The lowest BCUT2D eigenvalue weighted by atomic mass is 10.1. The molecule has 0 unspecified atom stereocenters. The normalized spacial score (nSPS) is 13.0. The van der Waals surface area contributed by atoms with Gasteiger partial charge in [-0.2, -0.15) is 0 Å². The van der Waals surface area contributed by atoms with Gasteiger partial charge in [-0.15, -0.1) is 10.2 Å². The van der Waals surface area contributed by atoms with Gasteiger partial charge in [0.05, 0.1) is 11.4 Å². The molecule has 3 aromatic rings. The summed E-state index contributed by atoms with van der Waals surface area (Å²) in [6.45, 7) is 4.84. The van der Waals surface area contributed by atoms with Crippen LogP contribution in [0.2, 0.25) is 0 Å². The largest absolute Gasteiger partial charge is 0.311 e. The first-order valence-corrected chi connectivity index (χ1v) is 10.2. The zero-order valence-electron chi connectivity index (χ0n) is 15.6. The van der Waals surface area contributed by atoms with E-state index in [1.54, 1.807) is 0 Å². The smallest absolute Gasteiger partial charge is 0.237 e. The van der Waals surface area contributed by atoms with E-state index in [1.165, 1.54) is 22.9 Å². The number of para-hydroxylation sites is 2. The van der Waals surface area contributed by atoms with Gasteiger partial charge >= 0.3 is 0 Å². The average Bonchev–Trinajstić information content (AvgIpc) is 3.29. The molecule has 1 amide bonds. The predicted molar refractivity (Wildman–Crippen MR) is 109 cm³/mol. The third-order valence-corrected chi connectivity index (χ3v) is 5.84. The molecule has 6 heteroatoms. The van der Waals surface area contributed by atoms with Crippen LogP contribution in [-0.2, 0) is 17.6 Å². The molecule has 1 aromatic heterocycles. The molecule has 27 heavy (non-hydrogen) atoms. The molecule has 4 rings (SSSR count). The zero-order valence-corrected chi connectivity index (χ0v) is 16.4. The highest BCUT2D eigenvalue weighted by Gasteiger charge is 2.25. The van der Waals surface area contributed by atoms with E-state index in [0.717, 1.165) is 41.7 Å². The minimum atomic E-state index is 0.112. The van der Waals surface area contributed by atoms with Crippen LogP contribution in [0.25, 0.3) is 5.69 Å². The summed E-state index contributed by atoms with van der Waals surface area (Å²) >= 11 is 1.45. The summed E-state index contributed by atoms with van der Waals surface area (Å²) in [6.07, 6.45) is 1.85. The molecule has 0 fully saturated rings. The Morgan fingerprint density at radius 1 is 1.07 bits per heavy atom. The highest BCUT2D eigenvalue weighted by Crippen LogP contribution is 2.29. The van der Waals surface area contributed by atoms with Gasteiger partial charge < -0.3 is 4.90 Å². The van der Waals surface area contributed by atoms with Crippen molar-refractivity contribution >= 4 is 23.4 Å². The van der Waals surface area contributed by atoms with Crippen molar-refractivity contribution in [3.8, 4) is 5.69 Å². The van der Waals surface area contributed by atoms with Crippen LogP contribution in [0, 0.1) is 6.92 Å². The second-order valence-electron chi connectivity index (χ2n) is 6.56. The number of carbonyl (C=O) groups excluding carboxylic acids is 1. The Morgan fingerprint density at radius 2 is 1.81 bits per heavy atom. The van der Waals surface area contributed by atoms with Crippen molar-refractivity contribution in [2.24, 2.45) is 0 Å². The van der Waals surface area contributed by atoms with Crippen molar-refractivity contribution in [1.82, 2.24) is 14.8 Å². The fourth-order valence-electron chi connectivity index (χ4n) is 3.54. The summed E-state index contributed by atoms with van der Waals surface area (Å²) in [5.41, 5.74) is 4.61. The number of fused-ring (bicyclic) bond motifs is 1. The maximum atomic E-state index is 12.8. The SMILES string of the molecule is CCc1ccccc1-n1c(C)nnc1SCC(=O)N1CCc2ccccc21. The number of benzene rings is 2. The first-order valence-electron chi connectivity index (χ1n) is 9.20. The Hall–Kier alpha value is -2.60. The summed E-state index contributed by atoms with van der Waals surface area (Å²) < 4.78 is 2.05. The lowest BCUT2D eigenvalue weighted by molar-refractivity contribution is -0.116. The number of carbonyl (C=O) groups is 1. The molecule has 0 radical (unpaired) electrons. The molecule has 0 saturated carbocycles. The van der Waals surface area contributed by atoms with Crippen LogP contribution >= 0.6 is 11.8 Å². The zero-order chi connectivity index (χ0) is 18.8. The van der Waals surface area contributed by atoms with E-state index >= 15 is 0 Å². The molecule has 138 valence electrons. The Balaban J connectivity index is 1.54. The number of amides is 1. The van der Waals surface area contributed by atoms with Crippen LogP contribution < -0.4 is 4.90 Å². The number of hydrogen-bond donors (Lipinski definition) is 0. The van der Waals surface area contributed by atoms with Crippen molar-refractivity contribution < 1.29 is 4.79 Å². The van der Waals surface area contributed by atoms with Crippen LogP contribution in [-0.4, -0.2) is 33.0 Å². The predicted octanol–water partition coefficient (Wildman–Crippen LogP) is 3.82. The average molecular weight is 379 g/mol. The molecule has 0 saturated heterocycles. The van der Waals surface area contributed by atoms with Gasteiger partial charge in [0.25, 0.3) is 0 Å². The highest BCUT2D eigenvalue weighted by atomic mass is 32.2. The molecular formula is C21H22N4OS. The van der Waals surface area contributed by atoms with Crippen molar-refractivity contribution in [2.45, 2.75) is 31.8 Å². The second-order valence-corrected chi connectivity index (χ2v) is 7.50. The standard InChI is InChI=1S/C21H22N4OS/c1-3-16-8-4-7-11-19(16)25-15(2)22-23-21(25)27-14-20(26)24-13-12-17-9-5-6-10-18(17)24/h4-11H,3,12-14H2,1-2H3.